The Balaban J connectivity index is 1.76. The molecule has 0 radical (unpaired) electrons. The van der Waals surface area contributed by atoms with Crippen LogP contribution in [0.4, 0.5) is 5.82 Å². The molecule has 1 heterocycles. The highest BCUT2D eigenvalue weighted by Crippen LogP contribution is 2.15. The second-order valence-electron chi connectivity index (χ2n) is 5.39. The van der Waals surface area contributed by atoms with Gasteiger partial charge in [-0.25, -0.2) is 0 Å². The van der Waals surface area contributed by atoms with Crippen molar-refractivity contribution >= 4 is 17.6 Å². The maximum Gasteiger partial charge on any atom is 0.297 e. The number of nitrogens with one attached hydrogen (secondary N) is 3. The number of nitrogens with zero attached hydrogens (tertiary/aromatic N) is 1. The zero-order valence-electron chi connectivity index (χ0n) is 13.8. The van der Waals surface area contributed by atoms with Gasteiger partial charge in [0.25, 0.3) is 11.8 Å². The molecule has 0 aliphatic heterocycles. The Labute approximate surface area is 150 Å². The summed E-state index contributed by atoms with van der Waals surface area (Å²) >= 11 is 0. The molecule has 0 saturated heterocycles. The summed E-state index contributed by atoms with van der Waals surface area (Å²) in [5.74, 6) is 4.80. The Morgan fingerprint density at radius 3 is 2.31 bits per heavy atom. The van der Waals surface area contributed by atoms with Crippen molar-refractivity contribution in [2.75, 3.05) is 5.32 Å². The van der Waals surface area contributed by atoms with Crippen molar-refractivity contribution in [1.29, 1.82) is 0 Å². The highest BCUT2D eigenvalue weighted by molar-refractivity contribution is 6.01. The molecule has 0 aliphatic carbocycles. The fourth-order valence-electron chi connectivity index (χ4n) is 2.29. The smallest absolute Gasteiger partial charge is 0.297 e. The zero-order valence-corrected chi connectivity index (χ0v) is 13.8. The number of rotatable bonds is 4. The SMILES string of the molecule is O=C(C#Cc1ccccc1)N[C@H](C(=O)Nc1ccn[nH]1)c1ccccc1. The summed E-state index contributed by atoms with van der Waals surface area (Å²) in [6.45, 7) is 0. The maximum atomic E-state index is 12.6. The van der Waals surface area contributed by atoms with Gasteiger partial charge >= 0.3 is 0 Å². The second kappa shape index (κ2) is 8.31. The molecule has 128 valence electrons. The Morgan fingerprint density at radius 1 is 0.962 bits per heavy atom. The lowest BCUT2D eigenvalue weighted by atomic mass is 10.1. The van der Waals surface area contributed by atoms with E-state index in [1.165, 1.54) is 6.20 Å². The number of anilines is 1. The van der Waals surface area contributed by atoms with Gasteiger partial charge in [-0.1, -0.05) is 54.5 Å². The summed E-state index contributed by atoms with van der Waals surface area (Å²) in [5, 5.41) is 11.8. The van der Waals surface area contributed by atoms with Gasteiger partial charge in [0.2, 0.25) is 0 Å². The standard InChI is InChI=1S/C20H16N4O2/c25-18(12-11-15-7-3-1-4-8-15)23-19(16-9-5-2-6-10-16)20(26)22-17-13-14-21-24-17/h1-10,13-14,19H,(H,23,25)(H2,21,22,24,26)/t19-/m0/s1. The molecule has 0 saturated carbocycles. The van der Waals surface area contributed by atoms with E-state index in [2.05, 4.69) is 32.7 Å². The molecule has 0 spiro atoms. The van der Waals surface area contributed by atoms with Gasteiger partial charge in [0.15, 0.2) is 0 Å². The monoisotopic (exact) mass is 344 g/mol. The number of amides is 2. The summed E-state index contributed by atoms with van der Waals surface area (Å²) in [6.07, 6.45) is 1.52. The van der Waals surface area contributed by atoms with E-state index in [-0.39, 0.29) is 0 Å². The van der Waals surface area contributed by atoms with Crippen LogP contribution >= 0.6 is 0 Å². The lowest BCUT2D eigenvalue weighted by molar-refractivity contribution is -0.123. The number of carbonyl (C=O) groups excluding carboxylic acids is 2. The molecule has 3 aromatic rings. The number of aromatic amines is 1. The average Bonchev–Trinajstić information content (AvgIpc) is 3.19. The molecule has 0 bridgehead atoms. The van der Waals surface area contributed by atoms with Gasteiger partial charge in [-0.2, -0.15) is 5.10 Å². The molecule has 1 aromatic heterocycles. The zero-order chi connectivity index (χ0) is 18.2. The number of benzene rings is 2. The van der Waals surface area contributed by atoms with E-state index in [0.717, 1.165) is 5.56 Å². The normalized spacial score (nSPS) is 10.9. The van der Waals surface area contributed by atoms with Gasteiger partial charge in [-0.05, 0) is 17.7 Å². The van der Waals surface area contributed by atoms with Crippen molar-refractivity contribution in [3.05, 3.63) is 84.1 Å². The van der Waals surface area contributed by atoms with Gasteiger partial charge in [0.1, 0.15) is 11.9 Å². The number of hydrogen-bond acceptors (Lipinski definition) is 3. The van der Waals surface area contributed by atoms with Crippen LogP contribution in [0.5, 0.6) is 0 Å². The molecule has 26 heavy (non-hydrogen) atoms. The third-order valence-electron chi connectivity index (χ3n) is 3.52. The van der Waals surface area contributed by atoms with Crippen molar-refractivity contribution in [3.63, 3.8) is 0 Å². The highest BCUT2D eigenvalue weighted by Gasteiger charge is 2.22. The van der Waals surface area contributed by atoms with E-state index < -0.39 is 17.9 Å². The van der Waals surface area contributed by atoms with Crippen molar-refractivity contribution < 1.29 is 9.59 Å². The molecule has 0 fully saturated rings. The Kier molecular flexibility index (Phi) is 5.43. The quantitative estimate of drug-likeness (QED) is 0.635. The van der Waals surface area contributed by atoms with Crippen LogP contribution in [0.15, 0.2) is 72.9 Å². The molecule has 6 heteroatoms. The molecule has 0 unspecified atom stereocenters. The summed E-state index contributed by atoms with van der Waals surface area (Å²) in [5.41, 5.74) is 1.38. The first-order valence-electron chi connectivity index (χ1n) is 7.95. The lowest BCUT2D eigenvalue weighted by Crippen LogP contribution is -2.36. The van der Waals surface area contributed by atoms with E-state index in [4.69, 9.17) is 0 Å². The van der Waals surface area contributed by atoms with Crippen molar-refractivity contribution in [2.24, 2.45) is 0 Å². The minimum absolute atomic E-state index is 0.393. The van der Waals surface area contributed by atoms with Crippen LogP contribution < -0.4 is 10.6 Å². The average molecular weight is 344 g/mol. The highest BCUT2D eigenvalue weighted by atomic mass is 16.2. The number of aromatic nitrogens is 2. The number of carbonyl (C=O) groups is 2. The topological polar surface area (TPSA) is 86.9 Å². The third-order valence-corrected chi connectivity index (χ3v) is 3.52. The van der Waals surface area contributed by atoms with Gasteiger partial charge in [-0.3, -0.25) is 14.7 Å². The minimum atomic E-state index is -0.878. The lowest BCUT2D eigenvalue weighted by Gasteiger charge is -2.16. The molecule has 1 atom stereocenters. The Morgan fingerprint density at radius 2 is 1.65 bits per heavy atom. The van der Waals surface area contributed by atoms with Gasteiger partial charge < -0.3 is 10.6 Å². The van der Waals surface area contributed by atoms with Crippen LogP contribution in [-0.2, 0) is 9.59 Å². The molecule has 6 nitrogen and oxygen atoms in total. The first kappa shape index (κ1) is 17.0. The van der Waals surface area contributed by atoms with Crippen molar-refractivity contribution in [3.8, 4) is 11.8 Å². The largest absolute Gasteiger partial charge is 0.329 e. The first-order chi connectivity index (χ1) is 12.7. The van der Waals surface area contributed by atoms with E-state index in [0.29, 0.717) is 11.4 Å². The number of hydrogen-bond donors (Lipinski definition) is 3. The van der Waals surface area contributed by atoms with Gasteiger partial charge in [-0.15, -0.1) is 0 Å². The summed E-state index contributed by atoms with van der Waals surface area (Å²) in [7, 11) is 0. The van der Waals surface area contributed by atoms with Gasteiger partial charge in [0.05, 0.1) is 6.20 Å². The fourth-order valence-corrected chi connectivity index (χ4v) is 2.29. The van der Waals surface area contributed by atoms with E-state index >= 15 is 0 Å². The summed E-state index contributed by atoms with van der Waals surface area (Å²) < 4.78 is 0. The van der Waals surface area contributed by atoms with Crippen molar-refractivity contribution in [1.82, 2.24) is 15.5 Å². The van der Waals surface area contributed by atoms with Crippen LogP contribution in [0.25, 0.3) is 0 Å². The molecule has 3 N–H and O–H groups in total. The van der Waals surface area contributed by atoms with Crippen LogP contribution in [0.2, 0.25) is 0 Å². The predicted molar refractivity (Wildman–Crippen MR) is 97.9 cm³/mol. The van der Waals surface area contributed by atoms with Crippen LogP contribution in [-0.4, -0.2) is 22.0 Å². The van der Waals surface area contributed by atoms with Crippen LogP contribution in [0, 0.1) is 11.8 Å². The third kappa shape index (κ3) is 4.58. The van der Waals surface area contributed by atoms with E-state index in [1.807, 2.05) is 24.3 Å². The summed E-state index contributed by atoms with van der Waals surface area (Å²) in [4.78, 5) is 24.8. The Bertz CT molecular complexity index is 926. The van der Waals surface area contributed by atoms with Gasteiger partial charge in [0, 0.05) is 17.6 Å². The minimum Gasteiger partial charge on any atom is -0.329 e. The summed E-state index contributed by atoms with van der Waals surface area (Å²) in [6, 6.07) is 18.9. The molecular formula is C20H16N4O2. The first-order valence-corrected chi connectivity index (χ1v) is 7.95. The molecule has 2 amide bonds. The molecule has 3 rings (SSSR count). The van der Waals surface area contributed by atoms with E-state index in [1.54, 1.807) is 42.5 Å². The molecule has 0 aliphatic rings. The van der Waals surface area contributed by atoms with Crippen molar-refractivity contribution in [2.45, 2.75) is 6.04 Å². The Hall–Kier alpha value is -3.85. The van der Waals surface area contributed by atoms with Crippen LogP contribution in [0.3, 0.4) is 0 Å². The van der Waals surface area contributed by atoms with E-state index in [9.17, 15) is 9.59 Å². The second-order valence-corrected chi connectivity index (χ2v) is 5.39. The molecular weight excluding hydrogens is 328 g/mol. The van der Waals surface area contributed by atoms with Crippen LogP contribution in [0.1, 0.15) is 17.2 Å². The number of H-pyrrole nitrogens is 1. The predicted octanol–water partition coefficient (Wildman–Crippen LogP) is 2.26. The fraction of sp³-hybridized carbons (Fsp3) is 0.0500. The maximum absolute atomic E-state index is 12.6. The molecule has 2 aromatic carbocycles.